The maximum atomic E-state index is 6.12. The van der Waals surface area contributed by atoms with Crippen LogP contribution in [0.25, 0.3) is 5.69 Å². The van der Waals surface area contributed by atoms with Crippen molar-refractivity contribution >= 4 is 11.6 Å². The Labute approximate surface area is 117 Å². The van der Waals surface area contributed by atoms with E-state index in [2.05, 4.69) is 15.6 Å². The van der Waals surface area contributed by atoms with Crippen LogP contribution in [0.5, 0.6) is 0 Å². The van der Waals surface area contributed by atoms with Crippen molar-refractivity contribution in [3.05, 3.63) is 40.7 Å². The van der Waals surface area contributed by atoms with Crippen LogP contribution < -0.4 is 5.32 Å². The SMILES string of the molecule is Cc1c(Cl)cccc1-n1cc(CNCC2CC2)nn1. The monoisotopic (exact) mass is 276 g/mol. The highest BCUT2D eigenvalue weighted by atomic mass is 35.5. The highest BCUT2D eigenvalue weighted by Gasteiger charge is 2.20. The van der Waals surface area contributed by atoms with E-state index in [9.17, 15) is 0 Å². The van der Waals surface area contributed by atoms with Crippen LogP contribution >= 0.6 is 11.6 Å². The fourth-order valence-corrected chi connectivity index (χ4v) is 2.24. The van der Waals surface area contributed by atoms with Gasteiger partial charge in [-0.1, -0.05) is 22.9 Å². The summed E-state index contributed by atoms with van der Waals surface area (Å²) in [4.78, 5) is 0. The lowest BCUT2D eigenvalue weighted by atomic mass is 10.2. The van der Waals surface area contributed by atoms with Gasteiger partial charge in [0.1, 0.15) is 0 Å². The molecule has 1 saturated carbocycles. The van der Waals surface area contributed by atoms with Crippen molar-refractivity contribution in [3.8, 4) is 5.69 Å². The lowest BCUT2D eigenvalue weighted by molar-refractivity contribution is 0.628. The Balaban J connectivity index is 1.70. The molecule has 3 rings (SSSR count). The first kappa shape index (κ1) is 12.6. The summed E-state index contributed by atoms with van der Waals surface area (Å²) in [5, 5.41) is 12.5. The van der Waals surface area contributed by atoms with Crippen molar-refractivity contribution in [2.24, 2.45) is 5.92 Å². The second-order valence-corrected chi connectivity index (χ2v) is 5.52. The largest absolute Gasteiger partial charge is 0.311 e. The molecular weight excluding hydrogens is 260 g/mol. The molecule has 1 N–H and O–H groups in total. The van der Waals surface area contributed by atoms with Gasteiger partial charge in [0, 0.05) is 11.6 Å². The Morgan fingerprint density at radius 1 is 1.42 bits per heavy atom. The maximum Gasteiger partial charge on any atom is 0.0969 e. The molecule has 0 saturated heterocycles. The smallest absolute Gasteiger partial charge is 0.0969 e. The van der Waals surface area contributed by atoms with Gasteiger partial charge in [0.2, 0.25) is 0 Å². The average molecular weight is 277 g/mol. The molecule has 1 fully saturated rings. The first-order chi connectivity index (χ1) is 9.24. The van der Waals surface area contributed by atoms with Gasteiger partial charge in [-0.2, -0.15) is 0 Å². The predicted octanol–water partition coefficient (Wildman–Crippen LogP) is 2.73. The molecule has 0 spiro atoms. The van der Waals surface area contributed by atoms with Crippen LogP contribution in [0.2, 0.25) is 5.02 Å². The standard InChI is InChI=1S/C14H17ClN4/c1-10-13(15)3-2-4-14(10)19-9-12(17-18-19)8-16-7-11-5-6-11/h2-4,9,11,16H,5-8H2,1H3. The molecule has 0 atom stereocenters. The fourth-order valence-electron chi connectivity index (χ4n) is 2.07. The summed E-state index contributed by atoms with van der Waals surface area (Å²) in [6.07, 6.45) is 4.68. The van der Waals surface area contributed by atoms with Gasteiger partial charge in [-0.15, -0.1) is 5.10 Å². The van der Waals surface area contributed by atoms with Crippen molar-refractivity contribution in [1.82, 2.24) is 20.3 Å². The Hall–Kier alpha value is -1.39. The number of halogens is 1. The number of hydrogen-bond donors (Lipinski definition) is 1. The minimum atomic E-state index is 0.751. The van der Waals surface area contributed by atoms with Crippen molar-refractivity contribution < 1.29 is 0 Å². The lowest BCUT2D eigenvalue weighted by Gasteiger charge is -2.05. The molecule has 1 aromatic carbocycles. The average Bonchev–Trinajstić information content (AvgIpc) is 3.10. The van der Waals surface area contributed by atoms with Gasteiger partial charge in [-0.3, -0.25) is 0 Å². The van der Waals surface area contributed by atoms with E-state index in [0.717, 1.165) is 41.0 Å². The quantitative estimate of drug-likeness (QED) is 0.913. The van der Waals surface area contributed by atoms with Crippen molar-refractivity contribution in [2.45, 2.75) is 26.3 Å². The molecule has 1 heterocycles. The molecule has 1 aliphatic rings. The van der Waals surface area contributed by atoms with Crippen LogP contribution in [0.1, 0.15) is 24.1 Å². The lowest BCUT2D eigenvalue weighted by Crippen LogP contribution is -2.16. The van der Waals surface area contributed by atoms with Crippen molar-refractivity contribution in [3.63, 3.8) is 0 Å². The Morgan fingerprint density at radius 2 is 2.26 bits per heavy atom. The van der Waals surface area contributed by atoms with E-state index >= 15 is 0 Å². The van der Waals surface area contributed by atoms with Gasteiger partial charge >= 0.3 is 0 Å². The summed E-state index contributed by atoms with van der Waals surface area (Å²) >= 11 is 6.12. The fraction of sp³-hybridized carbons (Fsp3) is 0.429. The van der Waals surface area contributed by atoms with Crippen LogP contribution in [-0.4, -0.2) is 21.5 Å². The zero-order valence-corrected chi connectivity index (χ0v) is 11.7. The van der Waals surface area contributed by atoms with Crippen LogP contribution in [0.15, 0.2) is 24.4 Å². The molecular formula is C14H17ClN4. The number of hydrogen-bond acceptors (Lipinski definition) is 3. The summed E-state index contributed by atoms with van der Waals surface area (Å²) in [6.45, 7) is 3.85. The molecule has 0 amide bonds. The molecule has 0 aliphatic heterocycles. The molecule has 0 bridgehead atoms. The highest BCUT2D eigenvalue weighted by Crippen LogP contribution is 2.27. The third-order valence-corrected chi connectivity index (χ3v) is 3.87. The van der Waals surface area contributed by atoms with Gasteiger partial charge in [-0.25, -0.2) is 4.68 Å². The second kappa shape index (κ2) is 5.31. The minimum absolute atomic E-state index is 0.751. The summed E-state index contributed by atoms with van der Waals surface area (Å²) in [5.74, 6) is 0.880. The minimum Gasteiger partial charge on any atom is -0.311 e. The topological polar surface area (TPSA) is 42.7 Å². The summed E-state index contributed by atoms with van der Waals surface area (Å²) < 4.78 is 1.79. The molecule has 2 aromatic rings. The Morgan fingerprint density at radius 3 is 3.05 bits per heavy atom. The van der Waals surface area contributed by atoms with Crippen molar-refractivity contribution in [2.75, 3.05) is 6.54 Å². The number of rotatable bonds is 5. The predicted molar refractivity (Wildman–Crippen MR) is 75.5 cm³/mol. The first-order valence-corrected chi connectivity index (χ1v) is 6.99. The third kappa shape index (κ3) is 2.96. The van der Waals surface area contributed by atoms with Gasteiger partial charge in [-0.05, 0) is 49.9 Å². The van der Waals surface area contributed by atoms with Gasteiger partial charge in [0.25, 0.3) is 0 Å². The molecule has 4 nitrogen and oxygen atoms in total. The van der Waals surface area contributed by atoms with Crippen LogP contribution in [0.3, 0.4) is 0 Å². The second-order valence-electron chi connectivity index (χ2n) is 5.11. The van der Waals surface area contributed by atoms with E-state index in [1.54, 1.807) is 4.68 Å². The number of benzene rings is 1. The maximum absolute atomic E-state index is 6.12. The van der Waals surface area contributed by atoms with E-state index < -0.39 is 0 Å². The molecule has 5 heteroatoms. The van der Waals surface area contributed by atoms with Gasteiger partial charge < -0.3 is 5.32 Å². The zero-order chi connectivity index (χ0) is 13.2. The first-order valence-electron chi connectivity index (χ1n) is 6.61. The summed E-state index contributed by atoms with van der Waals surface area (Å²) in [5.41, 5.74) is 2.96. The summed E-state index contributed by atoms with van der Waals surface area (Å²) in [6, 6.07) is 5.81. The van der Waals surface area contributed by atoms with Crippen LogP contribution in [-0.2, 0) is 6.54 Å². The van der Waals surface area contributed by atoms with Crippen LogP contribution in [0.4, 0.5) is 0 Å². The molecule has 0 radical (unpaired) electrons. The molecule has 0 unspecified atom stereocenters. The van der Waals surface area contributed by atoms with E-state index in [4.69, 9.17) is 11.6 Å². The normalized spacial score (nSPS) is 14.8. The Bertz CT molecular complexity index is 575. The van der Waals surface area contributed by atoms with E-state index in [0.29, 0.717) is 0 Å². The van der Waals surface area contributed by atoms with E-state index in [1.165, 1.54) is 12.8 Å². The van der Waals surface area contributed by atoms with Crippen LogP contribution in [0, 0.1) is 12.8 Å². The molecule has 1 aliphatic carbocycles. The van der Waals surface area contributed by atoms with Gasteiger partial charge in [0.05, 0.1) is 17.6 Å². The third-order valence-electron chi connectivity index (χ3n) is 3.46. The number of nitrogens with zero attached hydrogens (tertiary/aromatic N) is 3. The highest BCUT2D eigenvalue weighted by molar-refractivity contribution is 6.31. The Kier molecular flexibility index (Phi) is 3.53. The number of nitrogens with one attached hydrogen (secondary N) is 1. The number of aromatic nitrogens is 3. The molecule has 19 heavy (non-hydrogen) atoms. The van der Waals surface area contributed by atoms with E-state index in [-0.39, 0.29) is 0 Å². The zero-order valence-electron chi connectivity index (χ0n) is 10.9. The van der Waals surface area contributed by atoms with Gasteiger partial charge in [0.15, 0.2) is 0 Å². The van der Waals surface area contributed by atoms with Crippen molar-refractivity contribution in [1.29, 1.82) is 0 Å². The summed E-state index contributed by atoms with van der Waals surface area (Å²) in [7, 11) is 0. The molecule has 100 valence electrons. The van der Waals surface area contributed by atoms with E-state index in [1.807, 2.05) is 31.3 Å². The molecule has 1 aromatic heterocycles.